The second kappa shape index (κ2) is 8.63. The first-order valence-corrected chi connectivity index (χ1v) is 10.2. The quantitative estimate of drug-likeness (QED) is 0.451. The highest BCUT2D eigenvalue weighted by Gasteiger charge is 2.38. The lowest BCUT2D eigenvalue weighted by atomic mass is 10.1. The summed E-state index contributed by atoms with van der Waals surface area (Å²) in [4.78, 5) is 57.6. The van der Waals surface area contributed by atoms with Crippen LogP contribution in [-0.2, 0) is 25.6 Å². The maximum atomic E-state index is 13.1. The summed E-state index contributed by atoms with van der Waals surface area (Å²) in [6, 6.07) is -2.27. The molecule has 0 aliphatic carbocycles. The third-order valence-corrected chi connectivity index (χ3v) is 6.21. The second-order valence-electron chi connectivity index (χ2n) is 6.97. The molecule has 2 aliphatic rings. The molecule has 4 atom stereocenters. The molecule has 2 fully saturated rings. The minimum absolute atomic E-state index is 0.191. The highest BCUT2D eigenvalue weighted by Crippen LogP contribution is 2.20. The van der Waals surface area contributed by atoms with Crippen molar-refractivity contribution in [3.05, 3.63) is 18.2 Å². The smallest absolute Gasteiger partial charge is 0.246 e. The number of carbonyl (C=O) groups excluding carboxylic acids is 4. The number of aromatic amines is 1. The van der Waals surface area contributed by atoms with Crippen LogP contribution >= 0.6 is 11.8 Å². The van der Waals surface area contributed by atoms with Gasteiger partial charge in [0.05, 0.1) is 11.6 Å². The summed E-state index contributed by atoms with van der Waals surface area (Å²) in [5.41, 5.74) is 6.09. The van der Waals surface area contributed by atoms with Crippen LogP contribution in [0.25, 0.3) is 0 Å². The fourth-order valence-corrected chi connectivity index (χ4v) is 4.34. The van der Waals surface area contributed by atoms with E-state index >= 15 is 0 Å². The van der Waals surface area contributed by atoms with E-state index in [1.807, 2.05) is 0 Å². The Morgan fingerprint density at radius 3 is 2.89 bits per heavy atom. The number of nitrogens with two attached hydrogens (primary N) is 1. The summed E-state index contributed by atoms with van der Waals surface area (Å²) in [6.45, 7) is 2.19. The summed E-state index contributed by atoms with van der Waals surface area (Å²) in [6.07, 6.45) is 4.44. The highest BCUT2D eigenvalue weighted by atomic mass is 32.2. The number of amides is 4. The number of hydrogen-bond acceptors (Lipinski definition) is 6. The summed E-state index contributed by atoms with van der Waals surface area (Å²) >= 11 is 1.39. The Kier molecular flexibility index (Phi) is 6.22. The van der Waals surface area contributed by atoms with Crippen LogP contribution in [0.3, 0.4) is 0 Å². The fourth-order valence-electron chi connectivity index (χ4n) is 3.40. The monoisotopic (exact) mass is 408 g/mol. The molecule has 0 unspecified atom stereocenters. The lowest BCUT2D eigenvalue weighted by Crippen LogP contribution is -2.59. The van der Waals surface area contributed by atoms with Crippen molar-refractivity contribution >= 4 is 35.4 Å². The van der Waals surface area contributed by atoms with Gasteiger partial charge in [0.1, 0.15) is 18.1 Å². The zero-order valence-corrected chi connectivity index (χ0v) is 16.3. The first-order chi connectivity index (χ1) is 13.4. The average Bonchev–Trinajstić information content (AvgIpc) is 3.34. The maximum absolute atomic E-state index is 13.1. The van der Waals surface area contributed by atoms with Gasteiger partial charge in [-0.05, 0) is 19.8 Å². The minimum Gasteiger partial charge on any atom is -0.368 e. The van der Waals surface area contributed by atoms with Crippen LogP contribution in [0.4, 0.5) is 0 Å². The van der Waals surface area contributed by atoms with E-state index in [0.717, 1.165) is 0 Å². The Morgan fingerprint density at radius 1 is 1.46 bits per heavy atom. The molecule has 11 heteroatoms. The number of likely N-dealkylation sites (tertiary alicyclic amines) is 1. The van der Waals surface area contributed by atoms with Gasteiger partial charge in [-0.15, -0.1) is 11.8 Å². The van der Waals surface area contributed by atoms with Crippen LogP contribution in [0, 0.1) is 0 Å². The van der Waals surface area contributed by atoms with Crippen LogP contribution < -0.4 is 16.4 Å². The van der Waals surface area contributed by atoms with E-state index in [4.69, 9.17) is 5.73 Å². The third-order valence-electron chi connectivity index (χ3n) is 4.97. The normalized spacial score (nSPS) is 25.8. The molecular formula is C17H24N6O4S. The van der Waals surface area contributed by atoms with Crippen molar-refractivity contribution in [2.75, 3.05) is 12.3 Å². The molecule has 3 rings (SSSR count). The van der Waals surface area contributed by atoms with Crippen LogP contribution in [0.15, 0.2) is 12.5 Å². The first kappa shape index (κ1) is 20.2. The largest absolute Gasteiger partial charge is 0.368 e. The number of H-pyrrole nitrogens is 1. The zero-order chi connectivity index (χ0) is 20.3. The van der Waals surface area contributed by atoms with E-state index in [1.165, 1.54) is 23.0 Å². The molecule has 4 amide bonds. The standard InChI is InChI=1S/C17H24N6O4S/c1-9-15(25)22-12(7-28-9)16(26)21-11(5-10-6-19-8-20-10)17(27)23-4-2-3-13(23)14(18)24/h6,8-9,11-13H,2-5,7H2,1H3,(H2,18,24)(H,19,20)(H,21,26)(H,22,25)/t9-,11-,12+,13-/m0/s1. The predicted molar refractivity (Wildman–Crippen MR) is 102 cm³/mol. The molecule has 0 spiro atoms. The number of nitrogens with zero attached hydrogens (tertiary/aromatic N) is 2. The topological polar surface area (TPSA) is 150 Å². The number of nitrogens with one attached hydrogen (secondary N) is 3. The lowest BCUT2D eigenvalue weighted by Gasteiger charge is -2.30. The van der Waals surface area contributed by atoms with E-state index < -0.39 is 29.9 Å². The molecule has 152 valence electrons. The number of primary amides is 1. The van der Waals surface area contributed by atoms with Crippen molar-refractivity contribution in [3.8, 4) is 0 Å². The number of thioether (sulfide) groups is 1. The van der Waals surface area contributed by atoms with Crippen molar-refractivity contribution in [2.24, 2.45) is 5.73 Å². The number of aromatic nitrogens is 2. The van der Waals surface area contributed by atoms with Gasteiger partial charge < -0.3 is 26.3 Å². The minimum atomic E-state index is -0.894. The van der Waals surface area contributed by atoms with Gasteiger partial charge in [-0.3, -0.25) is 19.2 Å². The Hall–Kier alpha value is -2.56. The molecule has 10 nitrogen and oxygen atoms in total. The van der Waals surface area contributed by atoms with Gasteiger partial charge >= 0.3 is 0 Å². The summed E-state index contributed by atoms with van der Waals surface area (Å²) in [5.74, 6) is -1.13. The molecule has 2 aliphatic heterocycles. The van der Waals surface area contributed by atoms with Gasteiger partial charge in [0.25, 0.3) is 0 Å². The molecule has 0 radical (unpaired) electrons. The maximum Gasteiger partial charge on any atom is 0.246 e. The van der Waals surface area contributed by atoms with E-state index in [2.05, 4.69) is 20.6 Å². The van der Waals surface area contributed by atoms with Crippen LogP contribution in [0.2, 0.25) is 0 Å². The molecule has 1 aromatic rings. The zero-order valence-electron chi connectivity index (χ0n) is 15.5. The predicted octanol–water partition coefficient (Wildman–Crippen LogP) is -1.47. The number of imidazole rings is 1. The Bertz CT molecular complexity index is 755. The van der Waals surface area contributed by atoms with E-state index in [0.29, 0.717) is 30.8 Å². The highest BCUT2D eigenvalue weighted by molar-refractivity contribution is 8.00. The molecule has 0 saturated carbocycles. The van der Waals surface area contributed by atoms with Crippen LogP contribution in [-0.4, -0.2) is 74.2 Å². The molecule has 5 N–H and O–H groups in total. The van der Waals surface area contributed by atoms with Crippen molar-refractivity contribution < 1.29 is 19.2 Å². The summed E-state index contributed by atoms with van der Waals surface area (Å²) in [5, 5.41) is 5.20. The van der Waals surface area contributed by atoms with E-state index in [9.17, 15) is 19.2 Å². The Morgan fingerprint density at radius 2 is 2.25 bits per heavy atom. The number of hydrogen-bond donors (Lipinski definition) is 4. The number of rotatable bonds is 6. The molecule has 0 bridgehead atoms. The van der Waals surface area contributed by atoms with Gasteiger partial charge in [-0.1, -0.05) is 0 Å². The second-order valence-corrected chi connectivity index (χ2v) is 8.34. The van der Waals surface area contributed by atoms with Gasteiger partial charge in [-0.2, -0.15) is 0 Å². The molecular weight excluding hydrogens is 384 g/mol. The van der Waals surface area contributed by atoms with Crippen molar-refractivity contribution in [2.45, 2.75) is 49.6 Å². The van der Waals surface area contributed by atoms with E-state index in [-0.39, 0.29) is 23.5 Å². The fraction of sp³-hybridized carbons (Fsp3) is 0.588. The first-order valence-electron chi connectivity index (χ1n) is 9.16. The van der Waals surface area contributed by atoms with Crippen molar-refractivity contribution in [3.63, 3.8) is 0 Å². The van der Waals surface area contributed by atoms with Gasteiger partial charge in [0.15, 0.2) is 0 Å². The molecule has 1 aromatic heterocycles. The van der Waals surface area contributed by atoms with Gasteiger partial charge in [0.2, 0.25) is 23.6 Å². The summed E-state index contributed by atoms with van der Waals surface area (Å²) < 4.78 is 0. The van der Waals surface area contributed by atoms with Crippen molar-refractivity contribution in [1.29, 1.82) is 0 Å². The molecule has 2 saturated heterocycles. The molecule has 0 aromatic carbocycles. The average molecular weight is 408 g/mol. The SMILES string of the molecule is C[C@@H]1SC[C@H](C(=O)N[C@@H](Cc2cnc[nH]2)C(=O)N2CCC[C@H]2C(N)=O)NC1=O. The lowest BCUT2D eigenvalue weighted by molar-refractivity contribution is -0.141. The van der Waals surface area contributed by atoms with E-state index in [1.54, 1.807) is 13.1 Å². The van der Waals surface area contributed by atoms with Crippen LogP contribution in [0.5, 0.6) is 0 Å². The Labute approximate surface area is 166 Å². The summed E-state index contributed by atoms with van der Waals surface area (Å²) in [7, 11) is 0. The number of carbonyl (C=O) groups is 4. The van der Waals surface area contributed by atoms with Gasteiger partial charge in [0, 0.05) is 30.6 Å². The van der Waals surface area contributed by atoms with Gasteiger partial charge in [-0.25, -0.2) is 4.98 Å². The third kappa shape index (κ3) is 4.46. The van der Waals surface area contributed by atoms with Crippen molar-refractivity contribution in [1.82, 2.24) is 25.5 Å². The molecule has 28 heavy (non-hydrogen) atoms. The van der Waals surface area contributed by atoms with Crippen LogP contribution in [0.1, 0.15) is 25.5 Å². The molecule has 3 heterocycles. The Balaban J connectivity index is 1.73.